The fourth-order valence-corrected chi connectivity index (χ4v) is 4.51. The number of benzene rings is 2. The van der Waals surface area contributed by atoms with Crippen LogP contribution in [0.15, 0.2) is 47.5 Å². The first-order valence-electron chi connectivity index (χ1n) is 12.9. The van der Waals surface area contributed by atoms with Crippen molar-refractivity contribution in [2.75, 3.05) is 19.8 Å². The molecule has 1 atom stereocenters. The molecule has 1 aliphatic rings. The number of nitrogens with zero attached hydrogens (tertiary/aromatic N) is 4. The van der Waals surface area contributed by atoms with Gasteiger partial charge in [0.2, 0.25) is 5.91 Å². The number of carbonyl (C=O) groups excluding carboxylic acids is 2. The molecule has 0 bridgehead atoms. The molecule has 2 heterocycles. The van der Waals surface area contributed by atoms with E-state index >= 15 is 0 Å². The van der Waals surface area contributed by atoms with Gasteiger partial charge in [-0.1, -0.05) is 23.7 Å². The Balaban J connectivity index is 1.68. The van der Waals surface area contributed by atoms with Gasteiger partial charge in [-0.2, -0.15) is 0 Å². The summed E-state index contributed by atoms with van der Waals surface area (Å²) in [5.41, 5.74) is 3.26. The molecule has 0 saturated carbocycles. The standard InChI is InChI=1S/C28H32ClN5O4/c1-4-30-25(35)17-23-28-33-32-18(3)34(28)24-14-13-21(38-15-7-6-8-26(36)37-5-2)16-22(24)27(31-23)19-9-11-20(29)12-10-19/h9-14,16,23H,4-8,15,17H2,1-3H3,(H,30,35)/t23-/m0/s1. The van der Waals surface area contributed by atoms with Crippen LogP contribution in [-0.2, 0) is 14.3 Å². The Morgan fingerprint density at radius 3 is 2.61 bits per heavy atom. The second-order valence-corrected chi connectivity index (χ2v) is 9.32. The predicted octanol–water partition coefficient (Wildman–Crippen LogP) is 4.76. The number of amides is 1. The van der Waals surface area contributed by atoms with Crippen LogP contribution in [0.25, 0.3) is 5.69 Å². The maximum Gasteiger partial charge on any atom is 0.305 e. The average Bonchev–Trinajstić information content (AvgIpc) is 3.22. The molecule has 1 aliphatic heterocycles. The van der Waals surface area contributed by atoms with Crippen molar-refractivity contribution in [3.05, 3.63) is 70.3 Å². The fraction of sp³-hybridized carbons (Fsp3) is 0.393. The van der Waals surface area contributed by atoms with Crippen LogP contribution in [0.3, 0.4) is 0 Å². The molecule has 0 fully saturated rings. The average molecular weight is 538 g/mol. The van der Waals surface area contributed by atoms with Crippen LogP contribution in [-0.4, -0.2) is 52.1 Å². The third-order valence-electron chi connectivity index (χ3n) is 6.12. The SMILES string of the molecule is CCNC(=O)C[C@@H]1N=C(c2ccc(Cl)cc2)c2cc(OCCCCC(=O)OCC)ccc2-n2c(C)nnc21. The number of fused-ring (bicyclic) bond motifs is 3. The van der Waals surface area contributed by atoms with Crippen molar-refractivity contribution in [2.45, 2.75) is 52.5 Å². The Morgan fingerprint density at radius 1 is 1.08 bits per heavy atom. The van der Waals surface area contributed by atoms with E-state index in [-0.39, 0.29) is 18.3 Å². The fourth-order valence-electron chi connectivity index (χ4n) is 4.38. The summed E-state index contributed by atoms with van der Waals surface area (Å²) in [6.07, 6.45) is 1.92. The topological polar surface area (TPSA) is 108 Å². The molecule has 0 unspecified atom stereocenters. The molecule has 38 heavy (non-hydrogen) atoms. The van der Waals surface area contributed by atoms with Gasteiger partial charge < -0.3 is 14.8 Å². The highest BCUT2D eigenvalue weighted by Crippen LogP contribution is 2.34. The molecule has 0 saturated heterocycles. The van der Waals surface area contributed by atoms with Gasteiger partial charge in [-0.3, -0.25) is 19.1 Å². The first kappa shape index (κ1) is 27.3. The number of aromatic nitrogens is 3. The van der Waals surface area contributed by atoms with Gasteiger partial charge >= 0.3 is 5.97 Å². The van der Waals surface area contributed by atoms with Crippen molar-refractivity contribution in [1.82, 2.24) is 20.1 Å². The van der Waals surface area contributed by atoms with Gasteiger partial charge in [0.25, 0.3) is 0 Å². The van der Waals surface area contributed by atoms with E-state index in [9.17, 15) is 9.59 Å². The highest BCUT2D eigenvalue weighted by Gasteiger charge is 2.30. The number of aliphatic imine (C=N–C) groups is 1. The number of halogens is 1. The zero-order valence-electron chi connectivity index (χ0n) is 21.9. The zero-order valence-corrected chi connectivity index (χ0v) is 22.6. The van der Waals surface area contributed by atoms with Crippen molar-refractivity contribution in [3.8, 4) is 11.4 Å². The highest BCUT2D eigenvalue weighted by atomic mass is 35.5. The van der Waals surface area contributed by atoms with E-state index < -0.39 is 6.04 Å². The van der Waals surface area contributed by atoms with E-state index in [1.165, 1.54) is 0 Å². The lowest BCUT2D eigenvalue weighted by Gasteiger charge is -2.15. The molecule has 0 radical (unpaired) electrons. The Morgan fingerprint density at radius 2 is 1.87 bits per heavy atom. The molecule has 10 heteroatoms. The Kier molecular flexibility index (Phi) is 9.12. The summed E-state index contributed by atoms with van der Waals surface area (Å²) in [7, 11) is 0. The van der Waals surface area contributed by atoms with Crippen molar-refractivity contribution < 1.29 is 19.1 Å². The van der Waals surface area contributed by atoms with Crippen LogP contribution in [0.4, 0.5) is 0 Å². The second kappa shape index (κ2) is 12.7. The molecule has 2 aromatic carbocycles. The van der Waals surface area contributed by atoms with E-state index in [0.717, 1.165) is 23.2 Å². The smallest absolute Gasteiger partial charge is 0.305 e. The van der Waals surface area contributed by atoms with Crippen LogP contribution >= 0.6 is 11.6 Å². The molecule has 200 valence electrons. The summed E-state index contributed by atoms with van der Waals surface area (Å²) in [6.45, 7) is 6.94. The number of ether oxygens (including phenoxy) is 2. The third-order valence-corrected chi connectivity index (χ3v) is 6.37. The second-order valence-electron chi connectivity index (χ2n) is 8.89. The van der Waals surface area contributed by atoms with Crippen molar-refractivity contribution in [1.29, 1.82) is 0 Å². The maximum absolute atomic E-state index is 12.6. The number of esters is 1. The van der Waals surface area contributed by atoms with Crippen LogP contribution in [0.1, 0.15) is 68.3 Å². The first-order valence-corrected chi connectivity index (χ1v) is 13.2. The lowest BCUT2D eigenvalue weighted by Crippen LogP contribution is -2.25. The van der Waals surface area contributed by atoms with E-state index in [0.29, 0.717) is 60.7 Å². The van der Waals surface area contributed by atoms with Crippen LogP contribution in [0.5, 0.6) is 5.75 Å². The molecular formula is C28H32ClN5O4. The zero-order chi connectivity index (χ0) is 27.1. The van der Waals surface area contributed by atoms with Gasteiger partial charge in [-0.25, -0.2) is 0 Å². The van der Waals surface area contributed by atoms with Crippen LogP contribution in [0.2, 0.25) is 5.02 Å². The molecule has 3 aromatic rings. The van der Waals surface area contributed by atoms with E-state index in [4.69, 9.17) is 26.1 Å². The van der Waals surface area contributed by atoms with E-state index in [1.54, 1.807) is 6.92 Å². The van der Waals surface area contributed by atoms with Gasteiger partial charge in [0.1, 0.15) is 17.6 Å². The number of carbonyl (C=O) groups is 2. The summed E-state index contributed by atoms with van der Waals surface area (Å²) in [6, 6.07) is 12.7. The van der Waals surface area contributed by atoms with Gasteiger partial charge in [-0.05, 0) is 63.9 Å². The monoisotopic (exact) mass is 537 g/mol. The van der Waals surface area contributed by atoms with Gasteiger partial charge in [0.15, 0.2) is 5.82 Å². The van der Waals surface area contributed by atoms with Crippen LogP contribution < -0.4 is 10.1 Å². The number of unbranched alkanes of at least 4 members (excludes halogenated alkanes) is 1. The van der Waals surface area contributed by atoms with Gasteiger partial charge in [0.05, 0.1) is 31.0 Å². The first-order chi connectivity index (χ1) is 18.4. The van der Waals surface area contributed by atoms with Gasteiger partial charge in [-0.15, -0.1) is 10.2 Å². The molecule has 9 nitrogen and oxygen atoms in total. The predicted molar refractivity (Wildman–Crippen MR) is 145 cm³/mol. The summed E-state index contributed by atoms with van der Waals surface area (Å²) in [5.74, 6) is 1.68. The minimum Gasteiger partial charge on any atom is -0.494 e. The number of hydrogen-bond donors (Lipinski definition) is 1. The highest BCUT2D eigenvalue weighted by molar-refractivity contribution is 6.30. The van der Waals surface area contributed by atoms with Crippen molar-refractivity contribution in [2.24, 2.45) is 4.99 Å². The molecular weight excluding hydrogens is 506 g/mol. The summed E-state index contributed by atoms with van der Waals surface area (Å²) in [4.78, 5) is 29.2. The Labute approximate surface area is 227 Å². The molecule has 4 rings (SSSR count). The minimum atomic E-state index is -0.534. The molecule has 1 amide bonds. The quantitative estimate of drug-likeness (QED) is 0.279. The lowest BCUT2D eigenvalue weighted by molar-refractivity contribution is -0.143. The molecule has 0 spiro atoms. The lowest BCUT2D eigenvalue weighted by atomic mass is 10.00. The number of nitrogens with one attached hydrogen (secondary N) is 1. The number of hydrogen-bond acceptors (Lipinski definition) is 7. The largest absolute Gasteiger partial charge is 0.494 e. The van der Waals surface area contributed by atoms with E-state index in [1.807, 2.05) is 60.9 Å². The molecule has 1 aromatic heterocycles. The summed E-state index contributed by atoms with van der Waals surface area (Å²) >= 11 is 6.17. The maximum atomic E-state index is 12.6. The summed E-state index contributed by atoms with van der Waals surface area (Å²) < 4.78 is 13.0. The number of aryl methyl sites for hydroxylation is 1. The number of rotatable bonds is 11. The molecule has 0 aliphatic carbocycles. The summed E-state index contributed by atoms with van der Waals surface area (Å²) in [5, 5.41) is 12.2. The van der Waals surface area contributed by atoms with Crippen molar-refractivity contribution >= 4 is 29.2 Å². The van der Waals surface area contributed by atoms with E-state index in [2.05, 4.69) is 15.5 Å². The van der Waals surface area contributed by atoms with Crippen molar-refractivity contribution in [3.63, 3.8) is 0 Å². The molecule has 1 N–H and O–H groups in total. The Hall–Kier alpha value is -3.72. The van der Waals surface area contributed by atoms with Crippen LogP contribution in [0, 0.1) is 6.92 Å². The normalized spacial score (nSPS) is 14.1. The Bertz CT molecular complexity index is 1320. The third kappa shape index (κ3) is 6.39. The van der Waals surface area contributed by atoms with Gasteiger partial charge in [0, 0.05) is 29.1 Å². The minimum absolute atomic E-state index is 0.110.